The number of ketones is 1. The monoisotopic (exact) mass is 689 g/mol. The molecule has 2 aliphatic heterocycles. The minimum absolute atomic E-state index is 0.113. The molecule has 0 bridgehead atoms. The van der Waals surface area contributed by atoms with Gasteiger partial charge in [0.15, 0.2) is 17.1 Å². The molecule has 5 atom stereocenters. The molecule has 1 saturated heterocycles. The highest BCUT2D eigenvalue weighted by Gasteiger charge is 2.56. The van der Waals surface area contributed by atoms with Gasteiger partial charge in [0.2, 0.25) is 5.91 Å². The number of amides is 2. The lowest BCUT2D eigenvalue weighted by Gasteiger charge is -2.34. The molecule has 1 unspecified atom stereocenters. The number of halogens is 1. The maximum Gasteiger partial charge on any atom is 0.407 e. The van der Waals surface area contributed by atoms with Crippen molar-refractivity contribution in [2.75, 3.05) is 32.1 Å². The molecule has 1 fully saturated rings. The third-order valence-corrected chi connectivity index (χ3v) is 10.3. The second-order valence-electron chi connectivity index (χ2n) is 11.2. The molecule has 0 aromatic heterocycles. The zero-order valence-electron chi connectivity index (χ0n) is 25.7. The summed E-state index contributed by atoms with van der Waals surface area (Å²) in [6, 6.07) is 9.14. The number of ether oxygens (including phenoxy) is 2. The quantitative estimate of drug-likeness (QED) is 0.0996. The van der Waals surface area contributed by atoms with Crippen LogP contribution >= 0.6 is 31.1 Å². The van der Waals surface area contributed by atoms with Gasteiger partial charge in [-0.15, -0.1) is 11.6 Å². The van der Waals surface area contributed by atoms with Crippen LogP contribution < -0.4 is 10.4 Å². The Kier molecular flexibility index (Phi) is 13.6. The highest BCUT2D eigenvalue weighted by Crippen LogP contribution is 2.47. The average Bonchev–Trinajstić information content (AvgIpc) is 3.21. The highest BCUT2D eigenvalue weighted by atomic mass is 35.5. The zero-order chi connectivity index (χ0) is 33.3. The van der Waals surface area contributed by atoms with Crippen LogP contribution in [0.1, 0.15) is 46.1 Å². The van der Waals surface area contributed by atoms with E-state index in [2.05, 4.69) is 10.4 Å². The first-order valence-corrected chi connectivity index (χ1v) is 17.4. The topological polar surface area (TPSA) is 170 Å². The van der Waals surface area contributed by atoms with Crippen molar-refractivity contribution < 1.29 is 47.4 Å². The van der Waals surface area contributed by atoms with Gasteiger partial charge in [-0.2, -0.15) is 0 Å². The highest BCUT2D eigenvalue weighted by molar-refractivity contribution is 8.13. The van der Waals surface area contributed by atoms with Gasteiger partial charge in [-0.1, -0.05) is 55.9 Å². The number of alkyl carbamates (subject to hydrolysis) is 1. The first kappa shape index (κ1) is 37.2. The van der Waals surface area contributed by atoms with Gasteiger partial charge in [-0.25, -0.2) is 14.4 Å². The summed E-state index contributed by atoms with van der Waals surface area (Å²) in [6.45, 7) is 6.85. The number of nitrogens with zero attached hydrogens (tertiary/aromatic N) is 1. The number of aliphatic hydroxyl groups excluding tert-OH is 1. The molecule has 3 N–H and O–H groups in total. The lowest BCUT2D eigenvalue weighted by Crippen LogP contribution is -2.50. The molecule has 2 heterocycles. The van der Waals surface area contributed by atoms with E-state index in [0.29, 0.717) is 6.42 Å². The number of alkyl halides is 1. The standard InChI is InChI=1S/C29H41ClN3O10PS/c1-5-40-27(38)31-13-12-28(2,3)26(37)45-16-15-41-44(39,32-18-20-9-7-6-8-10-20)42-19-22-24(36)29(4,30)25(43-22)33-14-11-21(34)17-23(33)35/h6-11,14,22,24-25,36H,5,12-13,15-19H2,1-4H3,(H,31,38)(H,32,39)/t22-,24-,25-,29-,44?/m1/s1. The largest absolute Gasteiger partial charge is 0.450 e. The Morgan fingerprint density at radius 1 is 1.24 bits per heavy atom. The van der Waals surface area contributed by atoms with Crippen LogP contribution in [0.4, 0.5) is 4.79 Å². The summed E-state index contributed by atoms with van der Waals surface area (Å²) in [4.78, 5) is 48.1. The summed E-state index contributed by atoms with van der Waals surface area (Å²) in [5.41, 5.74) is 0.0533. The van der Waals surface area contributed by atoms with Crippen molar-refractivity contribution in [3.8, 4) is 0 Å². The fraction of sp³-hybridized carbons (Fsp3) is 0.586. The third-order valence-electron chi connectivity index (χ3n) is 7.16. The van der Waals surface area contributed by atoms with Crippen molar-refractivity contribution in [2.45, 2.75) is 70.4 Å². The molecule has 1 aromatic rings. The van der Waals surface area contributed by atoms with Gasteiger partial charge in [-0.3, -0.25) is 28.3 Å². The molecule has 1 aromatic carbocycles. The fourth-order valence-corrected chi connectivity index (χ4v) is 7.01. The van der Waals surface area contributed by atoms with E-state index < -0.39 is 55.1 Å². The van der Waals surface area contributed by atoms with E-state index >= 15 is 0 Å². The molecular formula is C29H41ClN3O10PS. The van der Waals surface area contributed by atoms with E-state index in [4.69, 9.17) is 30.1 Å². The number of nitrogens with one attached hydrogen (secondary N) is 2. The number of rotatable bonds is 16. The van der Waals surface area contributed by atoms with Gasteiger partial charge in [0.25, 0.3) is 0 Å². The van der Waals surface area contributed by atoms with E-state index in [0.717, 1.165) is 22.2 Å². The molecule has 0 aliphatic carbocycles. The van der Waals surface area contributed by atoms with Gasteiger partial charge in [0, 0.05) is 30.5 Å². The Morgan fingerprint density at radius 3 is 2.62 bits per heavy atom. The lowest BCUT2D eigenvalue weighted by molar-refractivity contribution is -0.145. The first-order valence-electron chi connectivity index (χ1n) is 14.5. The molecule has 0 radical (unpaired) electrons. The van der Waals surface area contributed by atoms with E-state index in [1.807, 2.05) is 30.3 Å². The number of benzene rings is 1. The molecule has 2 amide bonds. The SMILES string of the molecule is CCOC(=O)NCCC(C)(C)C(=O)SCCOP(=O)(NCc1ccccc1)OC[C@H]1O[C@@H](N2C=CC(=O)CC2=O)[C@](C)(Cl)[C@@H]1O. The minimum atomic E-state index is -4.02. The van der Waals surface area contributed by atoms with Gasteiger partial charge in [0.1, 0.15) is 17.1 Å². The predicted octanol–water partition coefficient (Wildman–Crippen LogP) is 3.74. The molecule has 250 valence electrons. The number of carbonyl (C=O) groups excluding carboxylic acids is 4. The van der Waals surface area contributed by atoms with Crippen molar-refractivity contribution in [3.05, 3.63) is 48.2 Å². The normalized spacial score (nSPS) is 24.8. The summed E-state index contributed by atoms with van der Waals surface area (Å²) in [5, 5.41) is 16.2. The summed E-state index contributed by atoms with van der Waals surface area (Å²) in [7, 11) is -4.02. The van der Waals surface area contributed by atoms with Crippen molar-refractivity contribution >= 4 is 54.0 Å². The van der Waals surface area contributed by atoms with Crippen LogP contribution in [-0.4, -0.2) is 88.3 Å². The smallest absolute Gasteiger partial charge is 0.407 e. The number of aliphatic hydroxyl groups is 1. The van der Waals surface area contributed by atoms with Crippen LogP contribution in [0.2, 0.25) is 0 Å². The van der Waals surface area contributed by atoms with Gasteiger partial charge >= 0.3 is 13.8 Å². The first-order chi connectivity index (χ1) is 21.2. The number of hydrogen-bond donors (Lipinski definition) is 3. The van der Waals surface area contributed by atoms with Crippen LogP contribution in [0.25, 0.3) is 0 Å². The molecule has 13 nitrogen and oxygen atoms in total. The van der Waals surface area contributed by atoms with Gasteiger partial charge in [0.05, 0.1) is 26.2 Å². The van der Waals surface area contributed by atoms with Crippen molar-refractivity contribution in [1.82, 2.24) is 15.3 Å². The van der Waals surface area contributed by atoms with Crippen LogP contribution in [0.5, 0.6) is 0 Å². The number of carbonyl (C=O) groups is 4. The number of hydrogen-bond acceptors (Lipinski definition) is 11. The van der Waals surface area contributed by atoms with Crippen molar-refractivity contribution in [1.29, 1.82) is 0 Å². The lowest BCUT2D eigenvalue weighted by atomic mass is 9.91. The fourth-order valence-electron chi connectivity index (χ4n) is 4.44. The Morgan fingerprint density at radius 2 is 1.96 bits per heavy atom. The summed E-state index contributed by atoms with van der Waals surface area (Å²) in [5.74, 6) is -0.722. The van der Waals surface area contributed by atoms with Crippen molar-refractivity contribution in [2.24, 2.45) is 5.41 Å². The van der Waals surface area contributed by atoms with Crippen LogP contribution in [0.15, 0.2) is 42.6 Å². The number of thioether (sulfide) groups is 1. The molecular weight excluding hydrogens is 649 g/mol. The maximum atomic E-state index is 13.8. The Balaban J connectivity index is 1.59. The molecule has 0 spiro atoms. The third kappa shape index (κ3) is 10.6. The molecule has 45 heavy (non-hydrogen) atoms. The summed E-state index contributed by atoms with van der Waals surface area (Å²) < 4.78 is 35.9. The molecule has 0 saturated carbocycles. The molecule has 16 heteroatoms. The van der Waals surface area contributed by atoms with E-state index in [-0.39, 0.29) is 49.4 Å². The zero-order valence-corrected chi connectivity index (χ0v) is 28.2. The van der Waals surface area contributed by atoms with E-state index in [1.165, 1.54) is 19.2 Å². The second kappa shape index (κ2) is 16.5. The Labute approximate surface area is 272 Å². The van der Waals surface area contributed by atoms with Crippen LogP contribution in [0.3, 0.4) is 0 Å². The second-order valence-corrected chi connectivity index (χ2v) is 15.0. The predicted molar refractivity (Wildman–Crippen MR) is 168 cm³/mol. The van der Waals surface area contributed by atoms with Gasteiger partial charge in [-0.05, 0) is 31.9 Å². The molecule has 3 rings (SSSR count). The molecule has 2 aliphatic rings. The van der Waals surface area contributed by atoms with Gasteiger partial charge < -0.3 is 19.9 Å². The van der Waals surface area contributed by atoms with Crippen molar-refractivity contribution in [3.63, 3.8) is 0 Å². The van der Waals surface area contributed by atoms with E-state index in [9.17, 15) is 28.8 Å². The van der Waals surface area contributed by atoms with E-state index in [1.54, 1.807) is 20.8 Å². The van der Waals surface area contributed by atoms with Crippen LogP contribution in [-0.2, 0) is 44.0 Å². The Bertz CT molecular complexity index is 1280. The average molecular weight is 690 g/mol. The maximum absolute atomic E-state index is 13.8. The minimum Gasteiger partial charge on any atom is -0.450 e. The Hall–Kier alpha value is -2.29. The summed E-state index contributed by atoms with van der Waals surface area (Å²) in [6.07, 6.45) is -1.56. The number of allylic oxidation sites excluding steroid dienone is 1. The van der Waals surface area contributed by atoms with Crippen LogP contribution in [0, 0.1) is 5.41 Å². The summed E-state index contributed by atoms with van der Waals surface area (Å²) >= 11 is 7.62.